The molecule has 0 atom stereocenters. The highest BCUT2D eigenvalue weighted by atomic mass is 16.1. The Balaban J connectivity index is 2.45. The quantitative estimate of drug-likeness (QED) is 0.774. The van der Waals surface area contributed by atoms with Crippen LogP contribution in [-0.4, -0.2) is 21.5 Å². The number of nitrogens with one attached hydrogen (secondary N) is 1. The molecule has 5 nitrogen and oxygen atoms in total. The molecule has 0 aliphatic heterocycles. The van der Waals surface area contributed by atoms with Crippen LogP contribution in [0, 0.1) is 0 Å². The molecule has 0 spiro atoms. The third-order valence-corrected chi connectivity index (χ3v) is 2.17. The normalized spacial score (nSPS) is 10.3. The second kappa shape index (κ2) is 4.67. The summed E-state index contributed by atoms with van der Waals surface area (Å²) in [6.07, 6.45) is 3.98. The van der Waals surface area contributed by atoms with Crippen molar-refractivity contribution in [2.75, 3.05) is 6.54 Å². The molecule has 0 aliphatic carbocycles. The fraction of sp³-hybridized carbons (Fsp3) is 0.182. The lowest BCUT2D eigenvalue weighted by atomic mass is 10.1. The van der Waals surface area contributed by atoms with Crippen molar-refractivity contribution < 1.29 is 0 Å². The van der Waals surface area contributed by atoms with E-state index in [1.165, 1.54) is 0 Å². The number of aromatic amines is 1. The van der Waals surface area contributed by atoms with Gasteiger partial charge in [0.25, 0.3) is 0 Å². The summed E-state index contributed by atoms with van der Waals surface area (Å²) in [6, 6.07) is 5.49. The first-order valence-corrected chi connectivity index (χ1v) is 5.00. The van der Waals surface area contributed by atoms with Gasteiger partial charge in [-0.05, 0) is 31.2 Å². The van der Waals surface area contributed by atoms with E-state index in [-0.39, 0.29) is 5.69 Å². The Hall–Kier alpha value is -2.01. The monoisotopic (exact) mass is 216 g/mol. The van der Waals surface area contributed by atoms with Crippen LogP contribution in [0.4, 0.5) is 0 Å². The summed E-state index contributed by atoms with van der Waals surface area (Å²) in [5.74, 6) is 0. The van der Waals surface area contributed by atoms with Crippen LogP contribution < -0.4 is 11.4 Å². The first-order chi connectivity index (χ1) is 7.79. The lowest BCUT2D eigenvalue weighted by Gasteiger charge is -2.02. The maximum absolute atomic E-state index is 11.3. The molecule has 16 heavy (non-hydrogen) atoms. The summed E-state index contributed by atoms with van der Waals surface area (Å²) in [5.41, 5.74) is 7.33. The van der Waals surface area contributed by atoms with Gasteiger partial charge < -0.3 is 10.7 Å². The molecule has 0 saturated heterocycles. The molecule has 0 fully saturated rings. The summed E-state index contributed by atoms with van der Waals surface area (Å²) in [4.78, 5) is 21.9. The van der Waals surface area contributed by atoms with Crippen LogP contribution in [-0.2, 0) is 6.42 Å². The van der Waals surface area contributed by atoms with Crippen molar-refractivity contribution >= 4 is 0 Å². The Bertz CT molecular complexity index is 521. The molecule has 2 rings (SSSR count). The van der Waals surface area contributed by atoms with Gasteiger partial charge in [-0.15, -0.1) is 0 Å². The number of H-pyrrole nitrogens is 1. The summed E-state index contributed by atoms with van der Waals surface area (Å²) in [5, 5.41) is 0. The zero-order chi connectivity index (χ0) is 11.4. The highest BCUT2D eigenvalue weighted by Crippen LogP contribution is 2.13. The van der Waals surface area contributed by atoms with Gasteiger partial charge >= 0.3 is 5.69 Å². The molecule has 0 saturated carbocycles. The zero-order valence-corrected chi connectivity index (χ0v) is 8.68. The van der Waals surface area contributed by atoms with E-state index in [0.29, 0.717) is 18.7 Å². The van der Waals surface area contributed by atoms with Crippen LogP contribution in [0.15, 0.2) is 35.4 Å². The summed E-state index contributed by atoms with van der Waals surface area (Å²) < 4.78 is 0. The van der Waals surface area contributed by atoms with Crippen molar-refractivity contribution in [2.24, 2.45) is 5.73 Å². The Morgan fingerprint density at radius 2 is 2.31 bits per heavy atom. The van der Waals surface area contributed by atoms with Gasteiger partial charge in [0.05, 0.1) is 5.69 Å². The highest BCUT2D eigenvalue weighted by Gasteiger charge is 2.02. The number of pyridine rings is 1. The fourth-order valence-electron chi connectivity index (χ4n) is 1.46. The van der Waals surface area contributed by atoms with E-state index < -0.39 is 0 Å². The second-order valence-corrected chi connectivity index (χ2v) is 3.38. The Morgan fingerprint density at radius 3 is 3.00 bits per heavy atom. The van der Waals surface area contributed by atoms with Gasteiger partial charge in [0, 0.05) is 23.7 Å². The number of hydrogen-bond donors (Lipinski definition) is 2. The molecule has 2 aromatic heterocycles. The molecule has 3 N–H and O–H groups in total. The van der Waals surface area contributed by atoms with Crippen LogP contribution in [0.2, 0.25) is 0 Å². The van der Waals surface area contributed by atoms with E-state index >= 15 is 0 Å². The Morgan fingerprint density at radius 1 is 1.44 bits per heavy atom. The summed E-state index contributed by atoms with van der Waals surface area (Å²) in [6.45, 7) is 0.492. The second-order valence-electron chi connectivity index (χ2n) is 3.38. The van der Waals surface area contributed by atoms with Crippen molar-refractivity contribution in [1.82, 2.24) is 15.0 Å². The number of nitrogens with two attached hydrogens (primary N) is 1. The third kappa shape index (κ3) is 2.32. The average molecular weight is 216 g/mol. The zero-order valence-electron chi connectivity index (χ0n) is 8.68. The van der Waals surface area contributed by atoms with Gasteiger partial charge in [0.1, 0.15) is 0 Å². The lowest BCUT2D eigenvalue weighted by Crippen LogP contribution is -2.15. The number of nitrogens with zero attached hydrogens (tertiary/aromatic N) is 2. The Kier molecular flexibility index (Phi) is 3.07. The molecule has 0 unspecified atom stereocenters. The maximum Gasteiger partial charge on any atom is 0.345 e. The molecular weight excluding hydrogens is 204 g/mol. The number of hydrogen-bond acceptors (Lipinski definition) is 4. The summed E-state index contributed by atoms with van der Waals surface area (Å²) >= 11 is 0. The summed E-state index contributed by atoms with van der Waals surface area (Å²) in [7, 11) is 0. The number of aromatic nitrogens is 3. The van der Waals surface area contributed by atoms with Gasteiger partial charge in [-0.3, -0.25) is 4.98 Å². The van der Waals surface area contributed by atoms with E-state index in [9.17, 15) is 4.79 Å². The maximum atomic E-state index is 11.3. The van der Waals surface area contributed by atoms with Crippen LogP contribution in [0.1, 0.15) is 5.69 Å². The van der Waals surface area contributed by atoms with Crippen molar-refractivity contribution in [1.29, 1.82) is 0 Å². The molecule has 82 valence electrons. The minimum absolute atomic E-state index is 0.357. The Labute approximate surface area is 92.4 Å². The molecular formula is C11H12N4O. The van der Waals surface area contributed by atoms with Crippen LogP contribution in [0.25, 0.3) is 11.3 Å². The lowest BCUT2D eigenvalue weighted by molar-refractivity contribution is 0.892. The smallest absolute Gasteiger partial charge is 0.330 e. The van der Waals surface area contributed by atoms with Crippen LogP contribution >= 0.6 is 0 Å². The predicted molar refractivity (Wildman–Crippen MR) is 60.8 cm³/mol. The number of rotatable bonds is 3. The topological polar surface area (TPSA) is 84.7 Å². The minimum atomic E-state index is -0.357. The standard InChI is InChI=1S/C11H12N4O/c12-4-3-9-6-10(15-11(16)14-9)8-2-1-5-13-7-8/h1-2,5-7H,3-4,12H2,(H,14,15,16). The third-order valence-electron chi connectivity index (χ3n) is 2.17. The molecule has 0 aromatic carbocycles. The van der Waals surface area contributed by atoms with Gasteiger partial charge in [0.2, 0.25) is 0 Å². The first-order valence-electron chi connectivity index (χ1n) is 5.00. The molecule has 0 bridgehead atoms. The predicted octanol–water partition coefficient (Wildman–Crippen LogP) is 0.333. The molecule has 2 aromatic rings. The van der Waals surface area contributed by atoms with Gasteiger partial charge in [-0.1, -0.05) is 0 Å². The highest BCUT2D eigenvalue weighted by molar-refractivity contribution is 5.57. The molecule has 0 amide bonds. The largest absolute Gasteiger partial charge is 0.345 e. The minimum Gasteiger partial charge on any atom is -0.330 e. The van der Waals surface area contributed by atoms with Gasteiger partial charge in [-0.2, -0.15) is 4.98 Å². The van der Waals surface area contributed by atoms with E-state index in [1.807, 2.05) is 12.1 Å². The van der Waals surface area contributed by atoms with E-state index in [0.717, 1.165) is 11.3 Å². The van der Waals surface area contributed by atoms with Gasteiger partial charge in [-0.25, -0.2) is 4.79 Å². The first kappa shape index (κ1) is 10.5. The molecule has 0 radical (unpaired) electrons. The van der Waals surface area contributed by atoms with Crippen molar-refractivity contribution in [2.45, 2.75) is 6.42 Å². The molecule has 2 heterocycles. The SMILES string of the molecule is NCCc1cc(-c2cccnc2)nc(=O)[nH]1. The average Bonchev–Trinajstić information content (AvgIpc) is 2.30. The molecule has 5 heteroatoms. The van der Waals surface area contributed by atoms with E-state index in [1.54, 1.807) is 18.5 Å². The van der Waals surface area contributed by atoms with Crippen molar-refractivity contribution in [3.05, 3.63) is 46.8 Å². The van der Waals surface area contributed by atoms with Crippen LogP contribution in [0.3, 0.4) is 0 Å². The van der Waals surface area contributed by atoms with Gasteiger partial charge in [0.15, 0.2) is 0 Å². The van der Waals surface area contributed by atoms with E-state index in [4.69, 9.17) is 5.73 Å². The van der Waals surface area contributed by atoms with E-state index in [2.05, 4.69) is 15.0 Å². The van der Waals surface area contributed by atoms with Crippen molar-refractivity contribution in [3.8, 4) is 11.3 Å². The van der Waals surface area contributed by atoms with Crippen LogP contribution in [0.5, 0.6) is 0 Å². The van der Waals surface area contributed by atoms with Crippen molar-refractivity contribution in [3.63, 3.8) is 0 Å². The molecule has 0 aliphatic rings. The fourth-order valence-corrected chi connectivity index (χ4v) is 1.46.